The average molecular weight is 311 g/mol. The zero-order valence-corrected chi connectivity index (χ0v) is 13.4. The minimum absolute atomic E-state index is 0.231. The van der Waals surface area contributed by atoms with E-state index in [0.29, 0.717) is 12.3 Å². The molecular weight excluding hydrogens is 286 g/mol. The molecule has 122 valence electrons. The fraction of sp³-hybridized carbons (Fsp3) is 0.350. The monoisotopic (exact) mass is 311 g/mol. The van der Waals surface area contributed by atoms with E-state index in [4.69, 9.17) is 5.11 Å². The van der Waals surface area contributed by atoms with E-state index in [1.165, 1.54) is 11.1 Å². The maximum atomic E-state index is 10.6. The molecule has 0 aromatic heterocycles. The molecule has 2 aromatic carbocycles. The lowest BCUT2D eigenvalue weighted by Gasteiger charge is -2.18. The van der Waals surface area contributed by atoms with Crippen LogP contribution in [0.15, 0.2) is 60.7 Å². The topological polar surface area (TPSA) is 49.3 Å². The molecule has 0 amide bonds. The summed E-state index contributed by atoms with van der Waals surface area (Å²) < 4.78 is 0. The molecule has 0 aliphatic rings. The lowest BCUT2D eigenvalue weighted by molar-refractivity contribution is -0.137. The van der Waals surface area contributed by atoms with E-state index in [9.17, 15) is 4.79 Å². The molecule has 0 bridgehead atoms. The predicted molar refractivity (Wildman–Crippen MR) is 93.5 cm³/mol. The van der Waals surface area contributed by atoms with Crippen LogP contribution in [-0.2, 0) is 17.6 Å². The first-order chi connectivity index (χ1) is 11.2. The first-order valence-corrected chi connectivity index (χ1v) is 8.24. The van der Waals surface area contributed by atoms with Crippen molar-refractivity contribution >= 4 is 5.97 Å². The zero-order valence-electron chi connectivity index (χ0n) is 13.4. The van der Waals surface area contributed by atoms with Gasteiger partial charge in [-0.1, -0.05) is 60.7 Å². The van der Waals surface area contributed by atoms with E-state index in [-0.39, 0.29) is 6.42 Å². The molecule has 2 aromatic rings. The molecule has 0 aliphatic carbocycles. The third kappa shape index (κ3) is 7.11. The van der Waals surface area contributed by atoms with E-state index >= 15 is 0 Å². The van der Waals surface area contributed by atoms with Gasteiger partial charge in [0.2, 0.25) is 0 Å². The van der Waals surface area contributed by atoms with Crippen molar-refractivity contribution < 1.29 is 9.90 Å². The third-order valence-electron chi connectivity index (χ3n) is 3.91. The van der Waals surface area contributed by atoms with Crippen LogP contribution in [0.2, 0.25) is 0 Å². The van der Waals surface area contributed by atoms with Gasteiger partial charge in [-0.25, -0.2) is 0 Å². The van der Waals surface area contributed by atoms with Crippen molar-refractivity contribution in [2.75, 3.05) is 13.1 Å². The SMILES string of the molecule is O=C(O)CCCNCC(Cc1ccccc1)Cc1ccccc1. The first kappa shape index (κ1) is 17.2. The molecule has 0 fully saturated rings. The van der Waals surface area contributed by atoms with Gasteiger partial charge in [-0.2, -0.15) is 0 Å². The molecule has 0 unspecified atom stereocenters. The van der Waals surface area contributed by atoms with Crippen LogP contribution in [-0.4, -0.2) is 24.2 Å². The Bertz CT molecular complexity index is 527. The van der Waals surface area contributed by atoms with Crippen LogP contribution >= 0.6 is 0 Å². The molecule has 0 saturated heterocycles. The smallest absolute Gasteiger partial charge is 0.303 e. The van der Waals surface area contributed by atoms with Gasteiger partial charge in [-0.05, 0) is 49.4 Å². The molecule has 2 N–H and O–H groups in total. The summed E-state index contributed by atoms with van der Waals surface area (Å²) in [6.07, 6.45) is 2.97. The van der Waals surface area contributed by atoms with Crippen molar-refractivity contribution in [2.45, 2.75) is 25.7 Å². The maximum Gasteiger partial charge on any atom is 0.303 e. The number of benzene rings is 2. The Kier molecular flexibility index (Phi) is 7.34. The second kappa shape index (κ2) is 9.80. The van der Waals surface area contributed by atoms with Gasteiger partial charge in [0, 0.05) is 6.42 Å². The summed E-state index contributed by atoms with van der Waals surface area (Å²) in [5.74, 6) is -0.221. The van der Waals surface area contributed by atoms with E-state index in [2.05, 4.69) is 53.8 Å². The lowest BCUT2D eigenvalue weighted by atomic mass is 9.92. The van der Waals surface area contributed by atoms with Gasteiger partial charge in [0.15, 0.2) is 0 Å². The molecule has 0 heterocycles. The van der Waals surface area contributed by atoms with Gasteiger partial charge in [0.05, 0.1) is 0 Å². The lowest BCUT2D eigenvalue weighted by Crippen LogP contribution is -2.27. The van der Waals surface area contributed by atoms with Crippen LogP contribution in [0.3, 0.4) is 0 Å². The largest absolute Gasteiger partial charge is 0.481 e. The molecule has 0 atom stereocenters. The van der Waals surface area contributed by atoms with Crippen molar-refractivity contribution in [1.29, 1.82) is 0 Å². The summed E-state index contributed by atoms with van der Waals surface area (Å²) in [7, 11) is 0. The Hall–Kier alpha value is -2.13. The molecule has 3 heteroatoms. The average Bonchev–Trinajstić information content (AvgIpc) is 2.56. The fourth-order valence-electron chi connectivity index (χ4n) is 2.78. The number of hydrogen-bond acceptors (Lipinski definition) is 2. The van der Waals surface area contributed by atoms with Gasteiger partial charge in [-0.15, -0.1) is 0 Å². The van der Waals surface area contributed by atoms with Gasteiger partial charge in [0.1, 0.15) is 0 Å². The number of nitrogens with one attached hydrogen (secondary N) is 1. The van der Waals surface area contributed by atoms with Crippen LogP contribution < -0.4 is 5.32 Å². The number of rotatable bonds is 10. The Labute approximate surface area is 138 Å². The van der Waals surface area contributed by atoms with Crippen LogP contribution in [0, 0.1) is 5.92 Å². The van der Waals surface area contributed by atoms with Crippen LogP contribution in [0.5, 0.6) is 0 Å². The zero-order chi connectivity index (χ0) is 16.3. The molecule has 0 saturated carbocycles. The van der Waals surface area contributed by atoms with E-state index in [1.807, 2.05) is 12.1 Å². The summed E-state index contributed by atoms with van der Waals surface area (Å²) in [4.78, 5) is 10.6. The van der Waals surface area contributed by atoms with Crippen molar-refractivity contribution in [1.82, 2.24) is 5.32 Å². The molecule has 0 spiro atoms. The number of hydrogen-bond donors (Lipinski definition) is 2. The van der Waals surface area contributed by atoms with Gasteiger partial charge >= 0.3 is 5.97 Å². The van der Waals surface area contributed by atoms with E-state index in [0.717, 1.165) is 25.9 Å². The van der Waals surface area contributed by atoms with E-state index in [1.54, 1.807) is 0 Å². The van der Waals surface area contributed by atoms with Crippen molar-refractivity contribution in [3.8, 4) is 0 Å². The van der Waals surface area contributed by atoms with Crippen LogP contribution in [0.1, 0.15) is 24.0 Å². The van der Waals surface area contributed by atoms with E-state index < -0.39 is 5.97 Å². The molecule has 3 nitrogen and oxygen atoms in total. The second-order valence-electron chi connectivity index (χ2n) is 5.95. The predicted octanol–water partition coefficient (Wildman–Crippen LogP) is 3.54. The highest BCUT2D eigenvalue weighted by molar-refractivity contribution is 5.66. The molecule has 23 heavy (non-hydrogen) atoms. The number of carboxylic acids is 1. The number of carboxylic acid groups (broad SMARTS) is 1. The van der Waals surface area contributed by atoms with Gasteiger partial charge in [0.25, 0.3) is 0 Å². The third-order valence-corrected chi connectivity index (χ3v) is 3.91. The van der Waals surface area contributed by atoms with Crippen LogP contribution in [0.4, 0.5) is 0 Å². The summed E-state index contributed by atoms with van der Waals surface area (Å²) in [6.45, 7) is 1.66. The molecule has 0 radical (unpaired) electrons. The number of aliphatic carboxylic acids is 1. The summed E-state index contributed by atoms with van der Waals surface area (Å²) in [5.41, 5.74) is 2.70. The Morgan fingerprint density at radius 2 is 1.43 bits per heavy atom. The molecule has 0 aliphatic heterocycles. The van der Waals surface area contributed by atoms with Crippen LogP contribution in [0.25, 0.3) is 0 Å². The normalized spacial score (nSPS) is 10.8. The Morgan fingerprint density at radius 1 is 0.913 bits per heavy atom. The van der Waals surface area contributed by atoms with Gasteiger partial charge in [-0.3, -0.25) is 4.79 Å². The Morgan fingerprint density at radius 3 is 1.91 bits per heavy atom. The van der Waals surface area contributed by atoms with Gasteiger partial charge < -0.3 is 10.4 Å². The first-order valence-electron chi connectivity index (χ1n) is 8.24. The quantitative estimate of drug-likeness (QED) is 0.660. The summed E-state index contributed by atoms with van der Waals surface area (Å²) in [5, 5.41) is 12.1. The Balaban J connectivity index is 1.87. The highest BCUT2D eigenvalue weighted by Gasteiger charge is 2.11. The summed E-state index contributed by atoms with van der Waals surface area (Å²) in [6, 6.07) is 21.1. The highest BCUT2D eigenvalue weighted by atomic mass is 16.4. The number of carbonyl (C=O) groups is 1. The summed E-state index contributed by atoms with van der Waals surface area (Å²) >= 11 is 0. The molecule has 2 rings (SSSR count). The standard InChI is InChI=1S/C20H25NO2/c22-20(23)12-7-13-21-16-19(14-17-8-3-1-4-9-17)15-18-10-5-2-6-11-18/h1-6,8-11,19,21H,7,12-16H2,(H,22,23). The maximum absolute atomic E-state index is 10.6. The second-order valence-corrected chi connectivity index (χ2v) is 5.95. The van der Waals surface area contributed by atoms with Crippen molar-refractivity contribution in [3.05, 3.63) is 71.8 Å². The van der Waals surface area contributed by atoms with Crippen molar-refractivity contribution in [2.24, 2.45) is 5.92 Å². The fourth-order valence-corrected chi connectivity index (χ4v) is 2.78. The minimum Gasteiger partial charge on any atom is -0.481 e. The minimum atomic E-state index is -0.725. The molecular formula is C20H25NO2. The highest BCUT2D eigenvalue weighted by Crippen LogP contribution is 2.14. The van der Waals surface area contributed by atoms with Crippen molar-refractivity contribution in [3.63, 3.8) is 0 Å².